The maximum absolute atomic E-state index is 13.7. The normalized spacial score (nSPS) is 17.5. The van der Waals surface area contributed by atoms with Crippen molar-refractivity contribution in [2.45, 2.75) is 98.9 Å². The molecule has 0 spiro atoms. The van der Waals surface area contributed by atoms with E-state index in [9.17, 15) is 33.0 Å². The van der Waals surface area contributed by atoms with E-state index in [1.54, 1.807) is 19.2 Å². The molecule has 314 valence electrons. The molecule has 0 aliphatic carbocycles. The number of carbonyl (C=O) groups is 3. The lowest BCUT2D eigenvalue weighted by Crippen LogP contribution is -2.45. The third-order valence-electron chi connectivity index (χ3n) is 12.2. The van der Waals surface area contributed by atoms with Crippen LogP contribution in [0.5, 0.6) is 11.5 Å². The SMILES string of the molecule is COSc1cc(S(=O)(=O)NCCCCCNC(=O)CC(O)(CC(=O)O)C(=O)O)ccc1C1=c2cc3c4c(c2Oc2c1cc1c5c2CCCN5CCC1)CCC[N+]=4CCC3. The molecule has 0 fully saturated rings. The lowest BCUT2D eigenvalue weighted by molar-refractivity contribution is -0.167. The first-order chi connectivity index (χ1) is 28.4. The highest BCUT2D eigenvalue weighted by atomic mass is 32.2. The highest BCUT2D eigenvalue weighted by Crippen LogP contribution is 2.49. The molecule has 1 amide bonds. The van der Waals surface area contributed by atoms with E-state index >= 15 is 0 Å². The molecule has 8 rings (SSSR count). The van der Waals surface area contributed by atoms with Gasteiger partial charge in [-0.25, -0.2) is 22.5 Å². The number of nitrogens with one attached hydrogen (secondary N) is 2. The molecule has 0 saturated heterocycles. The lowest BCUT2D eigenvalue weighted by atomic mass is 9.82. The summed E-state index contributed by atoms with van der Waals surface area (Å²) in [6.07, 6.45) is 7.67. The van der Waals surface area contributed by atoms with Crippen LogP contribution in [0.1, 0.15) is 91.2 Å². The van der Waals surface area contributed by atoms with Crippen LogP contribution < -0.4 is 34.8 Å². The van der Waals surface area contributed by atoms with E-state index in [1.165, 1.54) is 33.3 Å². The first kappa shape index (κ1) is 41.3. The summed E-state index contributed by atoms with van der Waals surface area (Å²) in [7, 11) is -2.34. The van der Waals surface area contributed by atoms with Crippen molar-refractivity contribution in [3.63, 3.8) is 0 Å². The van der Waals surface area contributed by atoms with Crippen molar-refractivity contribution in [2.24, 2.45) is 0 Å². The summed E-state index contributed by atoms with van der Waals surface area (Å²) >= 11 is 1.14. The van der Waals surface area contributed by atoms with E-state index in [1.807, 2.05) is 6.07 Å². The smallest absolute Gasteiger partial charge is 0.336 e. The molecule has 5 heterocycles. The average molecular weight is 848 g/mol. The fourth-order valence-corrected chi connectivity index (χ4v) is 11.4. The Kier molecular flexibility index (Phi) is 11.8. The molecule has 0 saturated carbocycles. The number of ether oxygens (including phenoxy) is 1. The molecule has 1 atom stereocenters. The monoisotopic (exact) mass is 847 g/mol. The van der Waals surface area contributed by atoms with Gasteiger partial charge in [-0.3, -0.25) is 9.59 Å². The number of amides is 1. The number of fused-ring (bicyclic) bond motifs is 4. The number of aryl methyl sites for hydroxylation is 2. The van der Waals surface area contributed by atoms with Crippen LogP contribution in [0.2, 0.25) is 0 Å². The van der Waals surface area contributed by atoms with Gasteiger partial charge in [0.2, 0.25) is 21.3 Å². The van der Waals surface area contributed by atoms with Crippen LogP contribution in [0.3, 0.4) is 0 Å². The van der Waals surface area contributed by atoms with Gasteiger partial charge in [0.15, 0.2) is 5.60 Å². The Morgan fingerprint density at radius 3 is 2.37 bits per heavy atom. The molecule has 3 aromatic rings. The van der Waals surface area contributed by atoms with E-state index in [0.717, 1.165) is 123 Å². The first-order valence-corrected chi connectivity index (χ1v) is 22.8. The number of hydrogen-bond donors (Lipinski definition) is 5. The number of rotatable bonds is 16. The van der Waals surface area contributed by atoms with Crippen LogP contribution in [0.25, 0.3) is 5.57 Å². The van der Waals surface area contributed by atoms with E-state index in [4.69, 9.17) is 14.0 Å². The summed E-state index contributed by atoms with van der Waals surface area (Å²) in [4.78, 5) is 37.8. The topological polar surface area (TPSA) is 195 Å². The Balaban J connectivity index is 1.06. The zero-order valence-electron chi connectivity index (χ0n) is 33.2. The summed E-state index contributed by atoms with van der Waals surface area (Å²) in [5.74, 6) is -2.28. The molecule has 59 heavy (non-hydrogen) atoms. The fraction of sp³-hybridized carbons (Fsp3) is 0.488. The lowest BCUT2D eigenvalue weighted by Gasteiger charge is -2.39. The fourth-order valence-electron chi connectivity index (χ4n) is 9.58. The number of carboxylic acids is 2. The number of aliphatic hydroxyl groups is 1. The first-order valence-electron chi connectivity index (χ1n) is 20.6. The largest absolute Gasteiger partial charge is 0.481 e. The van der Waals surface area contributed by atoms with Crippen molar-refractivity contribution in [3.05, 3.63) is 74.3 Å². The molecule has 1 unspecified atom stereocenters. The molecule has 5 aliphatic rings. The number of aliphatic carboxylic acids is 2. The maximum Gasteiger partial charge on any atom is 0.336 e. The molecular formula is C43H51N4O10S2+. The zero-order chi connectivity index (χ0) is 41.5. The van der Waals surface area contributed by atoms with Crippen LogP contribution in [-0.4, -0.2) is 93.6 Å². The highest BCUT2D eigenvalue weighted by Gasteiger charge is 2.41. The van der Waals surface area contributed by atoms with Crippen molar-refractivity contribution in [1.29, 1.82) is 0 Å². The molecule has 0 radical (unpaired) electrons. The van der Waals surface area contributed by atoms with Gasteiger partial charge in [0, 0.05) is 89.1 Å². The summed E-state index contributed by atoms with van der Waals surface area (Å²) in [5, 5.41) is 33.1. The van der Waals surface area contributed by atoms with Gasteiger partial charge < -0.3 is 34.5 Å². The zero-order valence-corrected chi connectivity index (χ0v) is 34.9. The van der Waals surface area contributed by atoms with E-state index in [2.05, 4.69) is 31.6 Å². The highest BCUT2D eigenvalue weighted by molar-refractivity contribution is 7.94. The standard InChI is InChI=1S/C43H50N4O10S2/c1-56-58-34-23-28(59(54,55)45-16-4-2-3-15-44-35(48)24-43(53,42(51)52)25-36(49)50)13-14-29(34)37-32-21-26-9-5-17-46-19-7-11-30(38(26)46)40(32)57-41-31-12-8-20-47-18-6-10-27(39(31)47)22-33(37)41/h13-14,21-23,45,53H,2-12,15-20,24-25H2,1H3,(H2-,44,48,49,50,51,52)/p+1. The second-order valence-corrected chi connectivity index (χ2v) is 18.9. The predicted molar refractivity (Wildman–Crippen MR) is 221 cm³/mol. The van der Waals surface area contributed by atoms with Crippen molar-refractivity contribution in [3.8, 4) is 11.5 Å². The van der Waals surface area contributed by atoms with Crippen molar-refractivity contribution < 1.29 is 47.0 Å². The third kappa shape index (κ3) is 8.09. The minimum atomic E-state index is -3.92. The van der Waals surface area contributed by atoms with Gasteiger partial charge in [0.05, 0.1) is 30.4 Å². The van der Waals surface area contributed by atoms with Crippen molar-refractivity contribution >= 4 is 51.2 Å². The van der Waals surface area contributed by atoms with Gasteiger partial charge in [0.1, 0.15) is 24.6 Å². The van der Waals surface area contributed by atoms with Gasteiger partial charge in [-0.2, -0.15) is 0 Å². The molecule has 0 aromatic heterocycles. The van der Waals surface area contributed by atoms with Gasteiger partial charge in [-0.15, -0.1) is 0 Å². The Hall–Kier alpha value is -4.48. The molecular weight excluding hydrogens is 797 g/mol. The Morgan fingerprint density at radius 1 is 0.881 bits per heavy atom. The quantitative estimate of drug-likeness (QED) is 0.0630. The number of unbranched alkanes of at least 4 members (excludes halogenated alkanes) is 2. The number of nitrogens with zero attached hydrogens (tertiary/aromatic N) is 2. The molecule has 5 aliphatic heterocycles. The number of carboxylic acid groups (broad SMARTS) is 2. The van der Waals surface area contributed by atoms with Crippen molar-refractivity contribution in [2.75, 3.05) is 51.3 Å². The number of benzene rings is 3. The van der Waals surface area contributed by atoms with Crippen LogP contribution in [0.15, 0.2) is 40.1 Å². The molecule has 16 heteroatoms. The number of hydrogen-bond acceptors (Lipinski definition) is 10. The van der Waals surface area contributed by atoms with Gasteiger partial charge in [0.25, 0.3) is 0 Å². The summed E-state index contributed by atoms with van der Waals surface area (Å²) in [5.41, 5.74) is 6.84. The van der Waals surface area contributed by atoms with Crippen molar-refractivity contribution in [1.82, 2.24) is 14.6 Å². The van der Waals surface area contributed by atoms with Gasteiger partial charge >= 0.3 is 11.9 Å². The minimum Gasteiger partial charge on any atom is -0.481 e. The maximum atomic E-state index is 13.7. The minimum absolute atomic E-state index is 0.112. The number of anilines is 1. The summed E-state index contributed by atoms with van der Waals surface area (Å²) in [6.45, 7) is 4.50. The van der Waals surface area contributed by atoms with E-state index in [0.29, 0.717) is 24.2 Å². The molecule has 14 nitrogen and oxygen atoms in total. The van der Waals surface area contributed by atoms with E-state index < -0.39 is 46.3 Å². The van der Waals surface area contributed by atoms with Crippen LogP contribution in [0, 0.1) is 0 Å². The molecule has 3 aromatic carbocycles. The number of carbonyl (C=O) groups excluding carboxylic acids is 1. The van der Waals surface area contributed by atoms with Gasteiger partial charge in [-0.05, 0) is 86.8 Å². The summed E-state index contributed by atoms with van der Waals surface area (Å²) in [6, 6.07) is 9.90. The third-order valence-corrected chi connectivity index (χ3v) is 14.3. The average Bonchev–Trinajstić information content (AvgIpc) is 3.20. The number of sulfonamides is 1. The Bertz CT molecular complexity index is 2470. The molecule has 5 N–H and O–H groups in total. The second-order valence-electron chi connectivity index (χ2n) is 16.1. The van der Waals surface area contributed by atoms with Gasteiger partial charge in [-0.1, -0.05) is 12.5 Å². The Morgan fingerprint density at radius 2 is 1.61 bits per heavy atom. The van der Waals surface area contributed by atoms with Crippen LogP contribution in [0.4, 0.5) is 5.69 Å². The molecule has 0 bridgehead atoms. The second kappa shape index (κ2) is 16.9. The van der Waals surface area contributed by atoms with E-state index in [-0.39, 0.29) is 18.0 Å². The van der Waals surface area contributed by atoms with Crippen LogP contribution >= 0.6 is 12.0 Å². The predicted octanol–water partition coefficient (Wildman–Crippen LogP) is 3.02. The Labute approximate surface area is 347 Å². The summed E-state index contributed by atoms with van der Waals surface area (Å²) < 4.78 is 45.5. The van der Waals surface area contributed by atoms with Crippen LogP contribution in [-0.2, 0) is 54.3 Å².